The summed E-state index contributed by atoms with van der Waals surface area (Å²) in [4.78, 5) is 28.0. The lowest BCUT2D eigenvalue weighted by molar-refractivity contribution is -0.137. The summed E-state index contributed by atoms with van der Waals surface area (Å²) in [5, 5.41) is 2.86. The Kier molecular flexibility index (Phi) is 6.56. The van der Waals surface area contributed by atoms with Gasteiger partial charge in [0.15, 0.2) is 0 Å². The van der Waals surface area contributed by atoms with Gasteiger partial charge < -0.3 is 15.0 Å². The zero-order chi connectivity index (χ0) is 16.8. The summed E-state index contributed by atoms with van der Waals surface area (Å²) in [6.07, 6.45) is 0. The molecule has 0 aromatic heterocycles. The van der Waals surface area contributed by atoms with Gasteiger partial charge >= 0.3 is 0 Å². The van der Waals surface area contributed by atoms with E-state index in [4.69, 9.17) is 4.74 Å². The molecule has 0 aliphatic carbocycles. The molecule has 0 unspecified atom stereocenters. The van der Waals surface area contributed by atoms with Crippen molar-refractivity contribution in [2.24, 2.45) is 0 Å². The highest BCUT2D eigenvalue weighted by atomic mass is 79.9. The van der Waals surface area contributed by atoms with Crippen LogP contribution in [0.5, 0.6) is 0 Å². The summed E-state index contributed by atoms with van der Waals surface area (Å²) in [6, 6.07) is 6.99. The number of anilines is 1. The Balaban J connectivity index is 1.85. The number of likely N-dealkylation sites (N-methyl/N-ethyl adjacent to an activating group) is 1. The number of halogens is 1. The molecule has 126 valence electrons. The first-order valence-electron chi connectivity index (χ1n) is 7.59. The van der Waals surface area contributed by atoms with Crippen molar-refractivity contribution in [3.63, 3.8) is 0 Å². The number of rotatable bonds is 5. The van der Waals surface area contributed by atoms with Crippen LogP contribution in [-0.2, 0) is 14.3 Å². The first-order valence-corrected chi connectivity index (χ1v) is 8.39. The van der Waals surface area contributed by atoms with Crippen LogP contribution in [0.3, 0.4) is 0 Å². The SMILES string of the molecule is C[C@@H](C(=O)Nc1ccc(Br)cc1)N(C)CC(=O)N1CCOCC1. The molecule has 1 aliphatic heterocycles. The Bertz CT molecular complexity index is 544. The van der Waals surface area contributed by atoms with Gasteiger partial charge in [-0.3, -0.25) is 14.5 Å². The van der Waals surface area contributed by atoms with Gasteiger partial charge in [-0.15, -0.1) is 0 Å². The first kappa shape index (κ1) is 17.9. The molecule has 0 radical (unpaired) electrons. The molecule has 0 saturated carbocycles. The maximum atomic E-state index is 12.3. The summed E-state index contributed by atoms with van der Waals surface area (Å²) in [6.45, 7) is 4.40. The second-order valence-corrected chi connectivity index (χ2v) is 6.50. The molecule has 7 heteroatoms. The predicted molar refractivity (Wildman–Crippen MR) is 92.3 cm³/mol. The van der Waals surface area contributed by atoms with Crippen LogP contribution in [0.1, 0.15) is 6.92 Å². The average Bonchev–Trinajstić information content (AvgIpc) is 2.56. The Labute approximate surface area is 144 Å². The molecule has 23 heavy (non-hydrogen) atoms. The molecule has 1 saturated heterocycles. The molecule has 0 spiro atoms. The third-order valence-corrected chi connectivity index (χ3v) is 4.43. The second kappa shape index (κ2) is 8.42. The van der Waals surface area contributed by atoms with Crippen LogP contribution in [0, 0.1) is 0 Å². The van der Waals surface area contributed by atoms with Gasteiger partial charge in [-0.2, -0.15) is 0 Å². The van der Waals surface area contributed by atoms with E-state index < -0.39 is 6.04 Å². The Hall–Kier alpha value is -1.44. The third kappa shape index (κ3) is 5.30. The number of carbonyl (C=O) groups excluding carboxylic acids is 2. The topological polar surface area (TPSA) is 61.9 Å². The number of carbonyl (C=O) groups is 2. The summed E-state index contributed by atoms with van der Waals surface area (Å²) in [5.74, 6) is -0.108. The van der Waals surface area contributed by atoms with Gasteiger partial charge in [-0.1, -0.05) is 15.9 Å². The van der Waals surface area contributed by atoms with Gasteiger partial charge in [0.25, 0.3) is 0 Å². The Morgan fingerprint density at radius 3 is 2.52 bits per heavy atom. The molecule has 1 fully saturated rings. The minimum atomic E-state index is -0.399. The molecule has 1 N–H and O–H groups in total. The minimum Gasteiger partial charge on any atom is -0.378 e. The van der Waals surface area contributed by atoms with Gasteiger partial charge in [-0.25, -0.2) is 0 Å². The fraction of sp³-hybridized carbons (Fsp3) is 0.500. The lowest BCUT2D eigenvalue weighted by atomic mass is 10.2. The number of nitrogens with zero attached hydrogens (tertiary/aromatic N) is 2. The lowest BCUT2D eigenvalue weighted by Crippen LogP contribution is -2.48. The molecule has 2 rings (SSSR count). The van der Waals surface area contributed by atoms with Gasteiger partial charge in [0.2, 0.25) is 11.8 Å². The van der Waals surface area contributed by atoms with E-state index >= 15 is 0 Å². The van der Waals surface area contributed by atoms with Gasteiger partial charge in [-0.05, 0) is 38.2 Å². The van der Waals surface area contributed by atoms with Crippen LogP contribution >= 0.6 is 15.9 Å². The predicted octanol–water partition coefficient (Wildman–Crippen LogP) is 1.57. The van der Waals surface area contributed by atoms with E-state index in [2.05, 4.69) is 21.2 Å². The molecule has 1 atom stereocenters. The number of morpholine rings is 1. The van der Waals surface area contributed by atoms with Crippen molar-refractivity contribution in [1.29, 1.82) is 0 Å². The molecule has 1 heterocycles. The molecule has 1 aromatic carbocycles. The van der Waals surface area contributed by atoms with Gasteiger partial charge in [0, 0.05) is 23.2 Å². The average molecular weight is 384 g/mol. The molecule has 1 aliphatic rings. The highest BCUT2D eigenvalue weighted by molar-refractivity contribution is 9.10. The normalized spacial score (nSPS) is 16.3. The van der Waals surface area contributed by atoms with Crippen LogP contribution in [-0.4, -0.2) is 67.6 Å². The van der Waals surface area contributed by atoms with Gasteiger partial charge in [0.1, 0.15) is 0 Å². The van der Waals surface area contributed by atoms with Crippen molar-refractivity contribution in [1.82, 2.24) is 9.80 Å². The van der Waals surface area contributed by atoms with Crippen molar-refractivity contribution < 1.29 is 14.3 Å². The summed E-state index contributed by atoms with van der Waals surface area (Å²) >= 11 is 3.36. The fourth-order valence-electron chi connectivity index (χ4n) is 2.24. The summed E-state index contributed by atoms with van der Waals surface area (Å²) in [5.41, 5.74) is 0.734. The van der Waals surface area contributed by atoms with E-state index in [0.29, 0.717) is 26.3 Å². The molecule has 0 bridgehead atoms. The highest BCUT2D eigenvalue weighted by Gasteiger charge is 2.23. The number of amides is 2. The minimum absolute atomic E-state index is 0.0269. The van der Waals surface area contributed by atoms with E-state index in [1.165, 1.54) is 0 Å². The van der Waals surface area contributed by atoms with Crippen molar-refractivity contribution in [2.45, 2.75) is 13.0 Å². The van der Waals surface area contributed by atoms with Crippen molar-refractivity contribution in [3.05, 3.63) is 28.7 Å². The summed E-state index contributed by atoms with van der Waals surface area (Å²) < 4.78 is 6.20. The molecule has 1 aromatic rings. The van der Waals surface area contributed by atoms with Crippen LogP contribution in [0.15, 0.2) is 28.7 Å². The Morgan fingerprint density at radius 1 is 1.30 bits per heavy atom. The van der Waals surface area contributed by atoms with Crippen molar-refractivity contribution in [2.75, 3.05) is 45.2 Å². The fourth-order valence-corrected chi connectivity index (χ4v) is 2.51. The van der Waals surface area contributed by atoms with Gasteiger partial charge in [0.05, 0.1) is 25.8 Å². The van der Waals surface area contributed by atoms with Crippen molar-refractivity contribution >= 4 is 33.4 Å². The number of ether oxygens (including phenoxy) is 1. The van der Waals surface area contributed by atoms with Crippen molar-refractivity contribution in [3.8, 4) is 0 Å². The van der Waals surface area contributed by atoms with E-state index in [-0.39, 0.29) is 18.4 Å². The number of nitrogens with one attached hydrogen (secondary N) is 1. The quantitative estimate of drug-likeness (QED) is 0.837. The van der Waals surface area contributed by atoms with Crippen LogP contribution in [0.4, 0.5) is 5.69 Å². The molecule has 2 amide bonds. The second-order valence-electron chi connectivity index (χ2n) is 5.58. The summed E-state index contributed by atoms with van der Waals surface area (Å²) in [7, 11) is 1.78. The first-order chi connectivity index (χ1) is 11.0. The lowest BCUT2D eigenvalue weighted by Gasteiger charge is -2.30. The Morgan fingerprint density at radius 2 is 1.91 bits per heavy atom. The zero-order valence-electron chi connectivity index (χ0n) is 13.4. The number of benzene rings is 1. The number of hydrogen-bond acceptors (Lipinski definition) is 4. The maximum Gasteiger partial charge on any atom is 0.241 e. The molecule has 6 nitrogen and oxygen atoms in total. The zero-order valence-corrected chi connectivity index (χ0v) is 15.0. The van der Waals surface area contributed by atoms with E-state index in [1.54, 1.807) is 23.8 Å². The van der Waals surface area contributed by atoms with E-state index in [1.807, 2.05) is 24.3 Å². The monoisotopic (exact) mass is 383 g/mol. The number of hydrogen-bond donors (Lipinski definition) is 1. The van der Waals surface area contributed by atoms with E-state index in [9.17, 15) is 9.59 Å². The molecular weight excluding hydrogens is 362 g/mol. The van der Waals surface area contributed by atoms with E-state index in [0.717, 1.165) is 10.2 Å². The highest BCUT2D eigenvalue weighted by Crippen LogP contribution is 2.14. The maximum absolute atomic E-state index is 12.3. The van der Waals surface area contributed by atoms with Crippen LogP contribution < -0.4 is 5.32 Å². The largest absolute Gasteiger partial charge is 0.378 e. The third-order valence-electron chi connectivity index (χ3n) is 3.90. The standard InChI is InChI=1S/C16H22BrN3O3/c1-12(16(22)18-14-5-3-13(17)4-6-14)19(2)11-15(21)20-7-9-23-10-8-20/h3-6,12H,7-11H2,1-2H3,(H,18,22)/t12-/m0/s1. The van der Waals surface area contributed by atoms with Crippen LogP contribution in [0.25, 0.3) is 0 Å². The van der Waals surface area contributed by atoms with Crippen LogP contribution in [0.2, 0.25) is 0 Å². The molecular formula is C16H22BrN3O3. The smallest absolute Gasteiger partial charge is 0.241 e.